The number of amides is 1. The van der Waals surface area contributed by atoms with Crippen molar-refractivity contribution < 1.29 is 19.4 Å². The largest absolute Gasteiger partial charge is 0.453 e. The van der Waals surface area contributed by atoms with E-state index in [0.29, 0.717) is 13.1 Å². The summed E-state index contributed by atoms with van der Waals surface area (Å²) in [5.41, 5.74) is 0. The van der Waals surface area contributed by atoms with Crippen LogP contribution in [0.3, 0.4) is 0 Å². The summed E-state index contributed by atoms with van der Waals surface area (Å²) < 4.78 is 4.51. The first-order valence-corrected chi connectivity index (χ1v) is 4.28. The molecule has 0 aromatic heterocycles. The lowest BCUT2D eigenvalue weighted by Gasteiger charge is -2.17. The molecule has 1 N–H and O–H groups in total. The highest BCUT2D eigenvalue weighted by Gasteiger charge is 2.10. The fourth-order valence-electron chi connectivity index (χ4n) is 0.871. The number of nitrogens with zero attached hydrogens (tertiary/aromatic N) is 1. The molecule has 0 aromatic carbocycles. The van der Waals surface area contributed by atoms with Crippen molar-refractivity contribution in [3.8, 4) is 0 Å². The topological polar surface area (TPSA) is 66.8 Å². The van der Waals surface area contributed by atoms with Gasteiger partial charge in [0.15, 0.2) is 0 Å². The lowest BCUT2D eigenvalue weighted by atomic mass is 10.4. The molecule has 0 bridgehead atoms. The number of hydrogen-bond donors (Lipinski definition) is 1. The third-order valence-corrected chi connectivity index (χ3v) is 1.55. The molecule has 0 atom stereocenters. The number of hydrogen-bond acceptors (Lipinski definition) is 4. The minimum atomic E-state index is -0.477. The van der Waals surface area contributed by atoms with E-state index in [0.717, 1.165) is 6.29 Å². The second-order valence-corrected chi connectivity index (χ2v) is 2.53. The van der Waals surface area contributed by atoms with E-state index in [4.69, 9.17) is 5.11 Å². The molecular weight excluding hydrogens is 186 g/mol. The molecule has 0 aliphatic carbocycles. The summed E-state index contributed by atoms with van der Waals surface area (Å²) in [5, 5.41) is 8.47. The van der Waals surface area contributed by atoms with Crippen molar-refractivity contribution >= 4 is 12.4 Å². The van der Waals surface area contributed by atoms with Crippen LogP contribution < -0.4 is 0 Å². The fraction of sp³-hybridized carbons (Fsp3) is 0.556. The van der Waals surface area contributed by atoms with Crippen molar-refractivity contribution in [3.05, 3.63) is 12.2 Å². The van der Waals surface area contributed by atoms with Crippen LogP contribution in [0.4, 0.5) is 4.79 Å². The molecule has 0 rings (SSSR count). The first-order valence-electron chi connectivity index (χ1n) is 4.28. The first kappa shape index (κ1) is 12.6. The average molecular weight is 201 g/mol. The Balaban J connectivity index is 4.02. The van der Waals surface area contributed by atoms with E-state index in [2.05, 4.69) is 4.74 Å². The van der Waals surface area contributed by atoms with Crippen molar-refractivity contribution in [2.75, 3.05) is 26.8 Å². The van der Waals surface area contributed by atoms with Crippen LogP contribution in [0.5, 0.6) is 0 Å². The van der Waals surface area contributed by atoms with Gasteiger partial charge in [0.2, 0.25) is 0 Å². The quantitative estimate of drug-likeness (QED) is 0.492. The third kappa shape index (κ3) is 5.31. The van der Waals surface area contributed by atoms with Crippen molar-refractivity contribution in [1.29, 1.82) is 0 Å². The van der Waals surface area contributed by atoms with Gasteiger partial charge < -0.3 is 19.5 Å². The molecule has 0 saturated heterocycles. The number of aliphatic hydroxyl groups excluding tert-OH is 1. The van der Waals surface area contributed by atoms with E-state index in [1.807, 2.05) is 0 Å². The SMILES string of the molecule is COC(=O)N(C/C=C\CO)CCC=O. The first-order chi connectivity index (χ1) is 6.76. The monoisotopic (exact) mass is 201 g/mol. The van der Waals surface area contributed by atoms with E-state index >= 15 is 0 Å². The standard InChI is InChI=1S/C9H15NO4/c1-14-9(13)10(6-4-8-12)5-2-3-7-11/h2-3,8,11H,4-7H2,1H3/b3-2-. The maximum absolute atomic E-state index is 11.1. The molecule has 0 heterocycles. The highest BCUT2D eigenvalue weighted by molar-refractivity contribution is 5.68. The Bertz CT molecular complexity index is 203. The van der Waals surface area contributed by atoms with Crippen molar-refractivity contribution in [2.45, 2.75) is 6.42 Å². The molecule has 80 valence electrons. The van der Waals surface area contributed by atoms with Gasteiger partial charge in [0.1, 0.15) is 6.29 Å². The molecule has 0 aliphatic rings. The zero-order valence-electron chi connectivity index (χ0n) is 8.18. The lowest BCUT2D eigenvalue weighted by Crippen LogP contribution is -2.32. The van der Waals surface area contributed by atoms with Gasteiger partial charge in [0, 0.05) is 19.5 Å². The zero-order valence-corrected chi connectivity index (χ0v) is 8.18. The smallest absolute Gasteiger partial charge is 0.409 e. The summed E-state index contributed by atoms with van der Waals surface area (Å²) in [5.74, 6) is 0. The molecule has 5 heteroatoms. The Morgan fingerprint density at radius 2 is 2.21 bits per heavy atom. The molecular formula is C9H15NO4. The Morgan fingerprint density at radius 1 is 1.50 bits per heavy atom. The normalized spacial score (nSPS) is 10.1. The van der Waals surface area contributed by atoms with Crippen LogP contribution in [0.15, 0.2) is 12.2 Å². The molecule has 0 saturated carbocycles. The van der Waals surface area contributed by atoms with Gasteiger partial charge in [0.05, 0.1) is 13.7 Å². The summed E-state index contributed by atoms with van der Waals surface area (Å²) in [7, 11) is 1.28. The lowest BCUT2D eigenvalue weighted by molar-refractivity contribution is -0.108. The minimum Gasteiger partial charge on any atom is -0.453 e. The molecule has 1 amide bonds. The summed E-state index contributed by atoms with van der Waals surface area (Å²) in [4.78, 5) is 22.6. The van der Waals surface area contributed by atoms with Crippen LogP contribution in [-0.2, 0) is 9.53 Å². The van der Waals surface area contributed by atoms with Crippen LogP contribution in [0.1, 0.15) is 6.42 Å². The van der Waals surface area contributed by atoms with Crippen LogP contribution in [0, 0.1) is 0 Å². The molecule has 0 unspecified atom stereocenters. The van der Waals surface area contributed by atoms with E-state index in [1.165, 1.54) is 18.1 Å². The molecule has 5 nitrogen and oxygen atoms in total. The Kier molecular flexibility index (Phi) is 7.45. The Morgan fingerprint density at radius 3 is 2.71 bits per heavy atom. The summed E-state index contributed by atoms with van der Waals surface area (Å²) in [6, 6.07) is 0. The van der Waals surface area contributed by atoms with Gasteiger partial charge >= 0.3 is 6.09 Å². The highest BCUT2D eigenvalue weighted by Crippen LogP contribution is 1.95. The van der Waals surface area contributed by atoms with E-state index < -0.39 is 6.09 Å². The summed E-state index contributed by atoms with van der Waals surface area (Å²) in [6.45, 7) is 0.593. The van der Waals surface area contributed by atoms with Gasteiger partial charge in [-0.2, -0.15) is 0 Å². The average Bonchev–Trinajstić information content (AvgIpc) is 2.22. The summed E-state index contributed by atoms with van der Waals surface area (Å²) in [6.07, 6.45) is 3.71. The van der Waals surface area contributed by atoms with E-state index in [9.17, 15) is 9.59 Å². The van der Waals surface area contributed by atoms with E-state index in [-0.39, 0.29) is 13.0 Å². The number of carbonyl (C=O) groups excluding carboxylic acids is 2. The second kappa shape index (κ2) is 8.25. The van der Waals surface area contributed by atoms with E-state index in [1.54, 1.807) is 6.08 Å². The molecule has 0 radical (unpaired) electrons. The highest BCUT2D eigenvalue weighted by atomic mass is 16.5. The number of ether oxygens (including phenoxy) is 1. The number of rotatable bonds is 6. The number of methoxy groups -OCH3 is 1. The van der Waals surface area contributed by atoms with Crippen molar-refractivity contribution in [1.82, 2.24) is 4.90 Å². The number of carbonyl (C=O) groups is 2. The molecule has 0 spiro atoms. The van der Waals surface area contributed by atoms with Gasteiger partial charge in [-0.3, -0.25) is 0 Å². The maximum atomic E-state index is 11.1. The molecule has 0 fully saturated rings. The Labute approximate surface area is 83.0 Å². The van der Waals surface area contributed by atoms with Gasteiger partial charge in [-0.1, -0.05) is 12.2 Å². The Hall–Kier alpha value is -1.36. The van der Waals surface area contributed by atoms with Crippen molar-refractivity contribution in [3.63, 3.8) is 0 Å². The minimum absolute atomic E-state index is 0.0668. The van der Waals surface area contributed by atoms with Crippen LogP contribution in [-0.4, -0.2) is 49.2 Å². The maximum Gasteiger partial charge on any atom is 0.409 e. The predicted octanol–water partition coefficient (Wildman–Crippen LogP) is 0.192. The van der Waals surface area contributed by atoms with Crippen LogP contribution in [0.25, 0.3) is 0 Å². The fourth-order valence-corrected chi connectivity index (χ4v) is 0.871. The number of aliphatic hydroxyl groups is 1. The third-order valence-electron chi connectivity index (χ3n) is 1.55. The summed E-state index contributed by atoms with van der Waals surface area (Å²) >= 11 is 0. The van der Waals surface area contributed by atoms with Gasteiger partial charge in [-0.15, -0.1) is 0 Å². The van der Waals surface area contributed by atoms with Crippen molar-refractivity contribution in [2.24, 2.45) is 0 Å². The number of aldehydes is 1. The zero-order chi connectivity index (χ0) is 10.8. The van der Waals surface area contributed by atoms with Gasteiger partial charge in [0.25, 0.3) is 0 Å². The van der Waals surface area contributed by atoms with Crippen LogP contribution in [0.2, 0.25) is 0 Å². The van der Waals surface area contributed by atoms with Crippen LogP contribution >= 0.6 is 0 Å². The molecule has 0 aromatic rings. The predicted molar refractivity (Wildman–Crippen MR) is 50.9 cm³/mol. The second-order valence-electron chi connectivity index (χ2n) is 2.53. The van der Waals surface area contributed by atoms with Gasteiger partial charge in [-0.05, 0) is 0 Å². The van der Waals surface area contributed by atoms with Gasteiger partial charge in [-0.25, -0.2) is 4.79 Å². The molecule has 0 aliphatic heterocycles. The molecule has 14 heavy (non-hydrogen) atoms.